The Morgan fingerprint density at radius 3 is 2.81 bits per heavy atom. The van der Waals surface area contributed by atoms with Gasteiger partial charge in [0.05, 0.1) is 0 Å². The maximum Gasteiger partial charge on any atom is 0.471 e. The van der Waals surface area contributed by atoms with E-state index < -0.39 is 17.7 Å². The van der Waals surface area contributed by atoms with Crippen molar-refractivity contribution in [2.24, 2.45) is 5.41 Å². The van der Waals surface area contributed by atoms with E-state index in [9.17, 15) is 18.0 Å². The third kappa shape index (κ3) is 2.10. The van der Waals surface area contributed by atoms with E-state index in [1.807, 2.05) is 37.1 Å². The normalized spacial score (nSPS) is 32.4. The number of carbonyl (C=O) groups is 1. The molecule has 3 aliphatic rings. The van der Waals surface area contributed by atoms with E-state index in [-0.39, 0.29) is 17.9 Å². The standard InChI is InChI=1S/C20H23F3N2O/c1-4-7-18-8-9-25(17(26)20(21,22)23)19(12-18)15(11-18)14-10-13(2)5-6-16(14)24(19)3/h4-6,10,15H,1,7-9,11-12H2,2-3H3/t15?,18?,19-/m1/s1. The van der Waals surface area contributed by atoms with Crippen LogP contribution in [0.1, 0.15) is 42.7 Å². The lowest BCUT2D eigenvalue weighted by atomic mass is 9.75. The first-order valence-corrected chi connectivity index (χ1v) is 8.99. The number of anilines is 1. The average Bonchev–Trinajstić information content (AvgIpc) is 2.94. The van der Waals surface area contributed by atoms with Crippen LogP contribution < -0.4 is 4.90 Å². The summed E-state index contributed by atoms with van der Waals surface area (Å²) in [6.07, 6.45) is -0.272. The summed E-state index contributed by atoms with van der Waals surface area (Å²) in [6.45, 7) is 5.98. The molecule has 0 aromatic heterocycles. The number of carbonyl (C=O) groups excluding carboxylic acids is 1. The molecule has 2 aliphatic heterocycles. The fraction of sp³-hybridized carbons (Fsp3) is 0.550. The minimum absolute atomic E-state index is 0.0789. The van der Waals surface area contributed by atoms with E-state index in [2.05, 4.69) is 12.6 Å². The molecule has 26 heavy (non-hydrogen) atoms. The molecule has 1 spiro atoms. The number of amides is 1. The summed E-state index contributed by atoms with van der Waals surface area (Å²) in [5.41, 5.74) is 2.09. The predicted octanol–water partition coefficient (Wildman–Crippen LogP) is 4.38. The molecule has 1 saturated carbocycles. The Labute approximate surface area is 151 Å². The molecular formula is C20H23F3N2O. The van der Waals surface area contributed by atoms with Crippen LogP contribution in [0.15, 0.2) is 30.9 Å². The Kier molecular flexibility index (Phi) is 3.53. The van der Waals surface area contributed by atoms with Gasteiger partial charge in [-0.2, -0.15) is 13.2 Å². The van der Waals surface area contributed by atoms with E-state index in [4.69, 9.17) is 0 Å². The van der Waals surface area contributed by atoms with Crippen LogP contribution in [-0.4, -0.2) is 36.2 Å². The highest BCUT2D eigenvalue weighted by Crippen LogP contribution is 2.67. The molecule has 2 unspecified atom stereocenters. The van der Waals surface area contributed by atoms with E-state index in [0.29, 0.717) is 12.8 Å². The Hall–Kier alpha value is -1.98. The van der Waals surface area contributed by atoms with Gasteiger partial charge in [0.15, 0.2) is 0 Å². The van der Waals surface area contributed by atoms with Crippen LogP contribution in [0.4, 0.5) is 18.9 Å². The fourth-order valence-corrected chi connectivity index (χ4v) is 5.71. The highest BCUT2D eigenvalue weighted by atomic mass is 19.4. The van der Waals surface area contributed by atoms with Crippen molar-refractivity contribution in [1.82, 2.24) is 4.90 Å². The molecular weight excluding hydrogens is 341 g/mol. The highest BCUT2D eigenvalue weighted by Gasteiger charge is 2.68. The molecule has 2 bridgehead atoms. The zero-order valence-electron chi connectivity index (χ0n) is 15.1. The second-order valence-electron chi connectivity index (χ2n) is 8.13. The van der Waals surface area contributed by atoms with Gasteiger partial charge in [-0.05, 0) is 49.7 Å². The molecule has 1 aromatic carbocycles. The molecule has 3 atom stereocenters. The Bertz CT molecular complexity index is 790. The van der Waals surface area contributed by atoms with E-state index in [1.54, 1.807) is 0 Å². The SMILES string of the molecule is C=CCC12CCN(C(=O)C(F)(F)F)[C@]3(C1)C(C2)c1cc(C)ccc1N3C. The lowest BCUT2D eigenvalue weighted by molar-refractivity contribution is -0.194. The zero-order chi connectivity index (χ0) is 18.9. The first-order chi connectivity index (χ1) is 12.1. The molecule has 2 heterocycles. The Morgan fingerprint density at radius 2 is 2.15 bits per heavy atom. The quantitative estimate of drug-likeness (QED) is 0.728. The molecule has 4 rings (SSSR count). The molecule has 1 aromatic rings. The average molecular weight is 364 g/mol. The smallest absolute Gasteiger partial charge is 0.351 e. The summed E-state index contributed by atoms with van der Waals surface area (Å²) in [6, 6.07) is 6.02. The largest absolute Gasteiger partial charge is 0.471 e. The molecule has 1 aliphatic carbocycles. The topological polar surface area (TPSA) is 23.6 Å². The molecule has 1 saturated heterocycles. The first-order valence-electron chi connectivity index (χ1n) is 8.99. The number of nitrogens with zero attached hydrogens (tertiary/aromatic N) is 2. The molecule has 1 amide bonds. The van der Waals surface area contributed by atoms with Crippen molar-refractivity contribution in [2.45, 2.75) is 50.4 Å². The maximum absolute atomic E-state index is 13.3. The number of allylic oxidation sites excluding steroid dienone is 1. The van der Waals surface area contributed by atoms with Crippen molar-refractivity contribution in [3.8, 4) is 0 Å². The number of alkyl halides is 3. The second kappa shape index (κ2) is 5.27. The van der Waals surface area contributed by atoms with Gasteiger partial charge in [-0.3, -0.25) is 4.79 Å². The number of hydrogen-bond donors (Lipinski definition) is 0. The summed E-state index contributed by atoms with van der Waals surface area (Å²) in [5.74, 6) is -1.82. The lowest BCUT2D eigenvalue weighted by Crippen LogP contribution is -2.65. The summed E-state index contributed by atoms with van der Waals surface area (Å²) in [4.78, 5) is 15.4. The van der Waals surface area contributed by atoms with Gasteiger partial charge in [0.1, 0.15) is 5.66 Å². The summed E-state index contributed by atoms with van der Waals surface area (Å²) in [5, 5.41) is 0. The van der Waals surface area contributed by atoms with Crippen LogP contribution in [0.2, 0.25) is 0 Å². The van der Waals surface area contributed by atoms with Crippen LogP contribution in [0.5, 0.6) is 0 Å². The summed E-state index contributed by atoms with van der Waals surface area (Å²) >= 11 is 0. The van der Waals surface area contributed by atoms with Crippen LogP contribution in [0.25, 0.3) is 0 Å². The lowest BCUT2D eigenvalue weighted by Gasteiger charge is -2.51. The minimum Gasteiger partial charge on any atom is -0.351 e. The van der Waals surface area contributed by atoms with Crippen molar-refractivity contribution in [3.63, 3.8) is 0 Å². The van der Waals surface area contributed by atoms with E-state index in [1.165, 1.54) is 0 Å². The number of halogens is 3. The van der Waals surface area contributed by atoms with Crippen LogP contribution in [0.3, 0.4) is 0 Å². The van der Waals surface area contributed by atoms with Gasteiger partial charge in [0, 0.05) is 25.2 Å². The second-order valence-corrected chi connectivity index (χ2v) is 8.13. The summed E-state index contributed by atoms with van der Waals surface area (Å²) < 4.78 is 40.0. The Balaban J connectivity index is 1.87. The number of likely N-dealkylation sites (tertiary alicyclic amines) is 1. The molecule has 0 radical (unpaired) electrons. The van der Waals surface area contributed by atoms with E-state index >= 15 is 0 Å². The molecule has 6 heteroatoms. The van der Waals surface area contributed by atoms with Crippen molar-refractivity contribution in [3.05, 3.63) is 42.0 Å². The van der Waals surface area contributed by atoms with Crippen molar-refractivity contribution >= 4 is 11.6 Å². The van der Waals surface area contributed by atoms with Gasteiger partial charge < -0.3 is 9.80 Å². The monoisotopic (exact) mass is 364 g/mol. The highest BCUT2D eigenvalue weighted by molar-refractivity contribution is 5.84. The number of likely N-dealkylation sites (N-methyl/N-ethyl adjacent to an activating group) is 1. The van der Waals surface area contributed by atoms with E-state index in [0.717, 1.165) is 34.6 Å². The molecule has 3 nitrogen and oxygen atoms in total. The van der Waals surface area contributed by atoms with Crippen molar-refractivity contribution < 1.29 is 18.0 Å². The number of fused-ring (bicyclic) bond motifs is 3. The van der Waals surface area contributed by atoms with Gasteiger partial charge in [-0.1, -0.05) is 23.8 Å². The van der Waals surface area contributed by atoms with Crippen LogP contribution in [-0.2, 0) is 4.79 Å². The van der Waals surface area contributed by atoms with Crippen LogP contribution in [0, 0.1) is 12.3 Å². The van der Waals surface area contributed by atoms with Gasteiger partial charge in [-0.25, -0.2) is 0 Å². The Morgan fingerprint density at radius 1 is 1.42 bits per heavy atom. The first kappa shape index (κ1) is 17.4. The fourth-order valence-electron chi connectivity index (χ4n) is 5.71. The van der Waals surface area contributed by atoms with Crippen molar-refractivity contribution in [1.29, 1.82) is 0 Å². The predicted molar refractivity (Wildman–Crippen MR) is 93.9 cm³/mol. The van der Waals surface area contributed by atoms with Gasteiger partial charge >= 0.3 is 12.1 Å². The number of aryl methyl sites for hydroxylation is 1. The van der Waals surface area contributed by atoms with Crippen molar-refractivity contribution in [2.75, 3.05) is 18.5 Å². The third-order valence-corrected chi connectivity index (χ3v) is 6.73. The number of benzene rings is 1. The third-order valence-electron chi connectivity index (χ3n) is 6.73. The van der Waals surface area contributed by atoms with Crippen LogP contribution >= 0.6 is 0 Å². The molecule has 140 valence electrons. The van der Waals surface area contributed by atoms with Gasteiger partial charge in [-0.15, -0.1) is 6.58 Å². The number of hydrogen-bond acceptors (Lipinski definition) is 2. The maximum atomic E-state index is 13.3. The zero-order valence-corrected chi connectivity index (χ0v) is 15.1. The molecule has 0 N–H and O–H groups in total. The number of piperidine rings is 1. The number of rotatable bonds is 2. The van der Waals surface area contributed by atoms with Gasteiger partial charge in [0.25, 0.3) is 0 Å². The molecule has 2 fully saturated rings. The minimum atomic E-state index is -4.86. The van der Waals surface area contributed by atoms with Gasteiger partial charge in [0.2, 0.25) is 0 Å². The summed E-state index contributed by atoms with van der Waals surface area (Å²) in [7, 11) is 1.83.